The van der Waals surface area contributed by atoms with Crippen molar-refractivity contribution in [3.05, 3.63) is 45.2 Å². The lowest BCUT2D eigenvalue weighted by atomic mass is 10.2. The maximum absolute atomic E-state index is 8.25. The second-order valence-corrected chi connectivity index (χ2v) is 4.02. The molecule has 0 aliphatic carbocycles. The summed E-state index contributed by atoms with van der Waals surface area (Å²) in [7, 11) is 6.55. The van der Waals surface area contributed by atoms with Crippen LogP contribution >= 0.6 is 0 Å². The Balaban J connectivity index is 0.000000423. The molecule has 0 radical (unpaired) electrons. The van der Waals surface area contributed by atoms with Crippen molar-refractivity contribution in [1.82, 2.24) is 4.48 Å². The van der Waals surface area contributed by atoms with Crippen molar-refractivity contribution >= 4 is 5.69 Å². The van der Waals surface area contributed by atoms with E-state index in [1.54, 1.807) is 0 Å². The maximum Gasteiger partial charge on any atom is 0.135 e. The summed E-state index contributed by atoms with van der Waals surface area (Å²) in [6.07, 6.45) is 0. The van der Waals surface area contributed by atoms with Crippen LogP contribution in [0.25, 0.3) is 0 Å². The molecular weight excluding hydrogens is 196 g/mol. The summed E-state index contributed by atoms with van der Waals surface area (Å²) in [5, 5.41) is 14.8. The predicted octanol–water partition coefficient (Wildman–Crippen LogP) is 1.95. The highest BCUT2D eigenvalue weighted by atomic mass is 16.9. The van der Waals surface area contributed by atoms with Gasteiger partial charge >= 0.3 is 0 Å². The lowest BCUT2D eigenvalue weighted by molar-refractivity contribution is -0.402. The first kappa shape index (κ1) is 13.4. The van der Waals surface area contributed by atoms with E-state index in [0.717, 1.165) is 4.48 Å². The van der Waals surface area contributed by atoms with E-state index in [1.165, 1.54) is 11.3 Å². The van der Waals surface area contributed by atoms with Crippen LogP contribution in [0.15, 0.2) is 24.3 Å². The summed E-state index contributed by atoms with van der Waals surface area (Å²) in [6, 6.07) is 8.49. The van der Waals surface area contributed by atoms with Gasteiger partial charge in [-0.15, -0.1) is 0 Å². The van der Waals surface area contributed by atoms with Crippen molar-refractivity contribution in [2.24, 2.45) is 0 Å². The number of para-hydroxylation sites is 1. The lowest BCUT2D eigenvalue weighted by Crippen LogP contribution is -2.35. The second-order valence-electron chi connectivity index (χ2n) is 4.02. The Hall–Kier alpha value is -1.62. The van der Waals surface area contributed by atoms with Crippen LogP contribution in [0.3, 0.4) is 0 Å². The van der Waals surface area contributed by atoms with E-state index in [0.29, 0.717) is 0 Å². The Bertz CT molecular complexity index is 328. The van der Waals surface area contributed by atoms with E-state index in [-0.39, 0.29) is 0 Å². The molecule has 0 aromatic heterocycles. The zero-order valence-corrected chi connectivity index (χ0v) is 9.43. The third kappa shape index (κ3) is 5.64. The van der Waals surface area contributed by atoms with Crippen LogP contribution in [0.5, 0.6) is 0 Å². The number of nitrogens with zero attached hydrogens (tertiary/aromatic N) is 2. The average Bonchev–Trinajstić information content (AvgIpc) is 2.01. The van der Waals surface area contributed by atoms with Crippen LogP contribution < -0.4 is 4.48 Å². The summed E-state index contributed by atoms with van der Waals surface area (Å²) >= 11 is 0. The van der Waals surface area contributed by atoms with Gasteiger partial charge in [0, 0.05) is 5.56 Å². The normalized spacial score (nSPS) is 10.1. The minimum Gasteiger partial charge on any atom is -0.356 e. The van der Waals surface area contributed by atoms with E-state index in [9.17, 15) is 0 Å². The molecule has 0 unspecified atom stereocenters. The lowest BCUT2D eigenvalue weighted by Gasteiger charge is -2.24. The molecule has 5 nitrogen and oxygen atoms in total. The molecule has 0 amide bonds. The van der Waals surface area contributed by atoms with Crippen LogP contribution in [0.1, 0.15) is 5.56 Å². The van der Waals surface area contributed by atoms with Gasteiger partial charge in [-0.25, -0.2) is 0 Å². The molecule has 1 rings (SSSR count). The topological polar surface area (TPSA) is 66.2 Å². The molecule has 84 valence electrons. The molecule has 15 heavy (non-hydrogen) atoms. The Morgan fingerprint density at radius 1 is 1.13 bits per heavy atom. The zero-order chi connectivity index (χ0) is 12.1. The smallest absolute Gasteiger partial charge is 0.135 e. The summed E-state index contributed by atoms with van der Waals surface area (Å²) in [6.45, 7) is 2.15. The summed E-state index contributed by atoms with van der Waals surface area (Å²) in [5.41, 5.74) is 2.74. The Morgan fingerprint density at radius 2 is 1.53 bits per heavy atom. The van der Waals surface area contributed by atoms with Crippen molar-refractivity contribution in [1.29, 1.82) is 0 Å². The first-order valence-corrected chi connectivity index (χ1v) is 4.44. The highest BCUT2D eigenvalue weighted by Crippen LogP contribution is 2.20. The van der Waals surface area contributed by atoms with Crippen molar-refractivity contribution in [3.63, 3.8) is 0 Å². The first-order valence-electron chi connectivity index (χ1n) is 4.44. The second kappa shape index (κ2) is 5.31. The van der Waals surface area contributed by atoms with Gasteiger partial charge < -0.3 is 15.3 Å². The molecule has 0 saturated heterocycles. The van der Waals surface area contributed by atoms with Crippen molar-refractivity contribution < 1.29 is 5.09 Å². The van der Waals surface area contributed by atoms with Crippen LogP contribution in [-0.4, -0.2) is 26.2 Å². The van der Waals surface area contributed by atoms with Gasteiger partial charge in [0.25, 0.3) is 0 Å². The molecule has 0 spiro atoms. The summed E-state index contributed by atoms with van der Waals surface area (Å²) < 4.78 is 0.896. The molecule has 0 heterocycles. The number of rotatable bonds is 1. The van der Waals surface area contributed by atoms with E-state index in [1.807, 2.05) is 0 Å². The van der Waals surface area contributed by atoms with Crippen LogP contribution in [0, 0.1) is 22.2 Å². The van der Waals surface area contributed by atoms with Gasteiger partial charge in [0.05, 0.1) is 26.2 Å². The number of quaternary nitrogens is 1. The minimum absolute atomic E-state index is 0.896. The molecule has 0 N–H and O–H groups in total. The Kier molecular flexibility index (Phi) is 4.73. The summed E-state index contributed by atoms with van der Waals surface area (Å²) in [4.78, 5) is 8.25. The number of benzene rings is 1. The number of aryl methyl sites for hydroxylation is 1. The van der Waals surface area contributed by atoms with Crippen LogP contribution in [0.4, 0.5) is 5.69 Å². The van der Waals surface area contributed by atoms with Crippen molar-refractivity contribution in [2.45, 2.75) is 6.92 Å². The first-order chi connectivity index (χ1) is 6.75. The summed E-state index contributed by atoms with van der Waals surface area (Å²) in [5.74, 6) is 0. The SMILES string of the molecule is Cc1ccccc1[N+](C)(C)C.O=[N+]([O-])[O-]. The average molecular weight is 212 g/mol. The largest absolute Gasteiger partial charge is 0.356 e. The van der Waals surface area contributed by atoms with E-state index < -0.39 is 5.09 Å². The van der Waals surface area contributed by atoms with E-state index in [2.05, 4.69) is 52.3 Å². The fourth-order valence-corrected chi connectivity index (χ4v) is 1.32. The molecule has 0 aliphatic heterocycles. The minimum atomic E-state index is -1.75. The van der Waals surface area contributed by atoms with Crippen molar-refractivity contribution in [3.8, 4) is 0 Å². The molecule has 1 aromatic rings. The molecule has 0 aliphatic rings. The molecule has 0 atom stereocenters. The van der Waals surface area contributed by atoms with Crippen LogP contribution in [0.2, 0.25) is 0 Å². The van der Waals surface area contributed by atoms with Crippen molar-refractivity contribution in [2.75, 3.05) is 21.1 Å². The van der Waals surface area contributed by atoms with Gasteiger partial charge in [-0.2, -0.15) is 0 Å². The van der Waals surface area contributed by atoms with Gasteiger partial charge in [0.1, 0.15) is 5.69 Å². The van der Waals surface area contributed by atoms with E-state index >= 15 is 0 Å². The number of hydrogen-bond acceptors (Lipinski definition) is 3. The molecular formula is C10H16N2O3. The van der Waals surface area contributed by atoms with Gasteiger partial charge in [-0.1, -0.05) is 18.2 Å². The molecule has 1 aromatic carbocycles. The fraction of sp³-hybridized carbons (Fsp3) is 0.400. The maximum atomic E-state index is 8.25. The third-order valence-electron chi connectivity index (χ3n) is 1.84. The predicted molar refractivity (Wildman–Crippen MR) is 61.1 cm³/mol. The van der Waals surface area contributed by atoms with E-state index in [4.69, 9.17) is 15.3 Å². The zero-order valence-electron chi connectivity index (χ0n) is 9.43. The van der Waals surface area contributed by atoms with Gasteiger partial charge in [0.15, 0.2) is 0 Å². The van der Waals surface area contributed by atoms with Crippen LogP contribution in [-0.2, 0) is 0 Å². The highest BCUT2D eigenvalue weighted by molar-refractivity contribution is 5.48. The molecule has 0 bridgehead atoms. The Morgan fingerprint density at radius 3 is 1.80 bits per heavy atom. The molecule has 0 fully saturated rings. The van der Waals surface area contributed by atoms with Gasteiger partial charge in [0.2, 0.25) is 0 Å². The molecule has 5 heteroatoms. The molecule has 0 saturated carbocycles. The number of hydrogen-bond donors (Lipinski definition) is 0. The van der Waals surface area contributed by atoms with Gasteiger partial charge in [-0.05, 0) is 13.0 Å². The monoisotopic (exact) mass is 212 g/mol. The fourth-order valence-electron chi connectivity index (χ4n) is 1.32. The third-order valence-corrected chi connectivity index (χ3v) is 1.84. The Labute approximate surface area is 89.3 Å². The van der Waals surface area contributed by atoms with Gasteiger partial charge in [-0.3, -0.25) is 4.48 Å². The highest BCUT2D eigenvalue weighted by Gasteiger charge is 2.13. The standard InChI is InChI=1S/C10H16N.NO3/c1-9-7-5-6-8-10(9)11(2,3)4;2-1(3)4/h5-8H,1-4H3;/q+1;-1. The quantitative estimate of drug-likeness (QED) is 0.406.